The minimum Gasteiger partial charge on any atom is -0.381 e. The van der Waals surface area contributed by atoms with Gasteiger partial charge in [0.25, 0.3) is 0 Å². The predicted octanol–water partition coefficient (Wildman–Crippen LogP) is 0.961. The van der Waals surface area contributed by atoms with Crippen LogP contribution in [-0.4, -0.2) is 62.2 Å². The van der Waals surface area contributed by atoms with Gasteiger partial charge in [0.1, 0.15) is 6.54 Å². The van der Waals surface area contributed by atoms with Crippen LogP contribution in [-0.2, 0) is 9.53 Å². The molecule has 0 aromatic rings. The number of aliphatic imine (C=N–C) groups is 1. The van der Waals surface area contributed by atoms with Gasteiger partial charge in [0.2, 0.25) is 5.91 Å². The number of halogens is 1. The fourth-order valence-electron chi connectivity index (χ4n) is 3.16. The molecule has 6 nitrogen and oxygen atoms in total. The van der Waals surface area contributed by atoms with Crippen LogP contribution < -0.4 is 10.6 Å². The zero-order valence-electron chi connectivity index (χ0n) is 13.3. The van der Waals surface area contributed by atoms with Gasteiger partial charge in [-0.25, -0.2) is 4.99 Å². The standard InChI is InChI=1S/C15H26N4O2.HI/c1-2-16-14(17-9-13(20)18-12-3-4-12)19-7-5-15(10-19)6-8-21-11-15;/h12H,2-11H2,1H3,(H,16,17)(H,18,20);1H. The highest BCUT2D eigenvalue weighted by atomic mass is 127. The van der Waals surface area contributed by atoms with Gasteiger partial charge in [-0.3, -0.25) is 4.79 Å². The molecular weight excluding hydrogens is 395 g/mol. The number of rotatable bonds is 4. The maximum atomic E-state index is 11.8. The molecule has 2 N–H and O–H groups in total. The van der Waals surface area contributed by atoms with E-state index in [9.17, 15) is 4.79 Å². The summed E-state index contributed by atoms with van der Waals surface area (Å²) in [6.07, 6.45) is 4.53. The second kappa shape index (κ2) is 7.81. The molecule has 3 aliphatic rings. The Kier molecular flexibility index (Phi) is 6.31. The number of likely N-dealkylation sites (tertiary alicyclic amines) is 1. The summed E-state index contributed by atoms with van der Waals surface area (Å²) in [7, 11) is 0. The van der Waals surface area contributed by atoms with Crippen molar-refractivity contribution >= 4 is 35.8 Å². The molecule has 1 amide bonds. The molecule has 1 spiro atoms. The molecule has 7 heteroatoms. The molecule has 2 saturated heterocycles. The summed E-state index contributed by atoms with van der Waals surface area (Å²) >= 11 is 0. The lowest BCUT2D eigenvalue weighted by Crippen LogP contribution is -2.42. The highest BCUT2D eigenvalue weighted by Gasteiger charge is 2.42. The van der Waals surface area contributed by atoms with Gasteiger partial charge in [-0.1, -0.05) is 0 Å². The van der Waals surface area contributed by atoms with Crippen molar-refractivity contribution in [2.45, 2.75) is 38.6 Å². The first-order chi connectivity index (χ1) is 10.2. The van der Waals surface area contributed by atoms with Crippen LogP contribution in [0.5, 0.6) is 0 Å². The Morgan fingerprint density at radius 2 is 2.23 bits per heavy atom. The van der Waals surface area contributed by atoms with Crippen LogP contribution in [0.25, 0.3) is 0 Å². The Hall–Kier alpha value is -0.570. The van der Waals surface area contributed by atoms with Gasteiger partial charge in [-0.15, -0.1) is 24.0 Å². The Labute approximate surface area is 149 Å². The fourth-order valence-corrected chi connectivity index (χ4v) is 3.16. The highest BCUT2D eigenvalue weighted by molar-refractivity contribution is 14.0. The lowest BCUT2D eigenvalue weighted by atomic mass is 9.87. The molecule has 2 aliphatic heterocycles. The summed E-state index contributed by atoms with van der Waals surface area (Å²) < 4.78 is 5.57. The maximum absolute atomic E-state index is 11.8. The number of carbonyl (C=O) groups excluding carboxylic acids is 1. The smallest absolute Gasteiger partial charge is 0.242 e. The summed E-state index contributed by atoms with van der Waals surface area (Å²) in [5, 5.41) is 6.29. The van der Waals surface area contributed by atoms with Crippen LogP contribution in [0.4, 0.5) is 0 Å². The van der Waals surface area contributed by atoms with Crippen molar-refractivity contribution in [2.24, 2.45) is 10.4 Å². The molecule has 1 atom stereocenters. The van der Waals surface area contributed by atoms with Crippen molar-refractivity contribution in [2.75, 3.05) is 39.4 Å². The second-order valence-corrected chi connectivity index (χ2v) is 6.49. The normalized spacial score (nSPS) is 27.9. The van der Waals surface area contributed by atoms with Crippen LogP contribution in [0.15, 0.2) is 4.99 Å². The van der Waals surface area contributed by atoms with Crippen LogP contribution in [0, 0.1) is 5.41 Å². The monoisotopic (exact) mass is 422 g/mol. The van der Waals surface area contributed by atoms with E-state index in [2.05, 4.69) is 27.4 Å². The van der Waals surface area contributed by atoms with Crippen LogP contribution in [0.1, 0.15) is 32.6 Å². The van der Waals surface area contributed by atoms with Crippen molar-refractivity contribution in [3.63, 3.8) is 0 Å². The van der Waals surface area contributed by atoms with E-state index in [4.69, 9.17) is 4.74 Å². The molecule has 0 radical (unpaired) electrons. The SMILES string of the molecule is CCNC(=NCC(=O)NC1CC1)N1CCC2(CCOC2)C1.I. The largest absolute Gasteiger partial charge is 0.381 e. The predicted molar refractivity (Wildman–Crippen MR) is 96.6 cm³/mol. The quantitative estimate of drug-likeness (QED) is 0.403. The Balaban J connectivity index is 0.00000176. The van der Waals surface area contributed by atoms with Gasteiger partial charge in [0.05, 0.1) is 6.61 Å². The first-order valence-electron chi connectivity index (χ1n) is 8.11. The van der Waals surface area contributed by atoms with Gasteiger partial charge < -0.3 is 20.3 Å². The minimum atomic E-state index is 0. The third-order valence-electron chi connectivity index (χ3n) is 4.57. The zero-order chi connectivity index (χ0) is 14.7. The van der Waals surface area contributed by atoms with Crippen molar-refractivity contribution in [1.29, 1.82) is 0 Å². The van der Waals surface area contributed by atoms with Crippen molar-refractivity contribution in [3.05, 3.63) is 0 Å². The van der Waals surface area contributed by atoms with E-state index in [1.54, 1.807) is 0 Å². The number of nitrogens with zero attached hydrogens (tertiary/aromatic N) is 2. The van der Waals surface area contributed by atoms with Crippen molar-refractivity contribution < 1.29 is 9.53 Å². The Morgan fingerprint density at radius 3 is 2.86 bits per heavy atom. The number of ether oxygens (including phenoxy) is 1. The van der Waals surface area contributed by atoms with E-state index in [0.29, 0.717) is 11.5 Å². The molecule has 0 aromatic heterocycles. The topological polar surface area (TPSA) is 66.0 Å². The van der Waals surface area contributed by atoms with Gasteiger partial charge >= 0.3 is 0 Å². The molecule has 0 bridgehead atoms. The molecule has 3 fully saturated rings. The summed E-state index contributed by atoms with van der Waals surface area (Å²) in [6.45, 7) is 6.84. The van der Waals surface area contributed by atoms with E-state index >= 15 is 0 Å². The van der Waals surface area contributed by atoms with E-state index in [1.807, 2.05) is 0 Å². The third kappa shape index (κ3) is 4.47. The average molecular weight is 422 g/mol. The average Bonchev–Trinajstić information content (AvgIpc) is 3.02. The molecule has 3 rings (SSSR count). The highest BCUT2D eigenvalue weighted by Crippen LogP contribution is 2.38. The lowest BCUT2D eigenvalue weighted by Gasteiger charge is -2.24. The molecular formula is C15H27IN4O2. The lowest BCUT2D eigenvalue weighted by molar-refractivity contribution is -0.119. The zero-order valence-corrected chi connectivity index (χ0v) is 15.6. The summed E-state index contributed by atoms with van der Waals surface area (Å²) in [5.74, 6) is 0.901. The van der Waals surface area contributed by atoms with Gasteiger partial charge in [-0.05, 0) is 32.6 Å². The molecule has 1 aliphatic carbocycles. The number of carbonyl (C=O) groups is 1. The minimum absolute atomic E-state index is 0. The molecule has 0 aromatic carbocycles. The van der Waals surface area contributed by atoms with Crippen LogP contribution in [0.3, 0.4) is 0 Å². The number of guanidine groups is 1. The number of amides is 1. The van der Waals surface area contributed by atoms with Crippen LogP contribution >= 0.6 is 24.0 Å². The Bertz CT molecular complexity index is 420. The van der Waals surface area contributed by atoms with Gasteiger partial charge in [0.15, 0.2) is 5.96 Å². The van der Waals surface area contributed by atoms with E-state index in [1.165, 1.54) is 0 Å². The van der Waals surface area contributed by atoms with E-state index in [0.717, 1.165) is 64.5 Å². The number of nitrogens with one attached hydrogen (secondary N) is 2. The van der Waals surface area contributed by atoms with E-state index in [-0.39, 0.29) is 36.4 Å². The van der Waals surface area contributed by atoms with E-state index < -0.39 is 0 Å². The van der Waals surface area contributed by atoms with Gasteiger partial charge in [-0.2, -0.15) is 0 Å². The third-order valence-corrected chi connectivity index (χ3v) is 4.57. The molecule has 1 saturated carbocycles. The van der Waals surface area contributed by atoms with Crippen molar-refractivity contribution in [1.82, 2.24) is 15.5 Å². The maximum Gasteiger partial charge on any atom is 0.242 e. The summed E-state index contributed by atoms with van der Waals surface area (Å²) in [4.78, 5) is 18.6. The molecule has 22 heavy (non-hydrogen) atoms. The Morgan fingerprint density at radius 1 is 1.41 bits per heavy atom. The molecule has 126 valence electrons. The molecule has 1 unspecified atom stereocenters. The number of hydrogen-bond donors (Lipinski definition) is 2. The van der Waals surface area contributed by atoms with Crippen LogP contribution in [0.2, 0.25) is 0 Å². The first-order valence-corrected chi connectivity index (χ1v) is 8.11. The fraction of sp³-hybridized carbons (Fsp3) is 0.867. The van der Waals surface area contributed by atoms with Gasteiger partial charge in [0, 0.05) is 37.7 Å². The number of hydrogen-bond acceptors (Lipinski definition) is 3. The summed E-state index contributed by atoms with van der Waals surface area (Å²) in [5.41, 5.74) is 0.312. The van der Waals surface area contributed by atoms with Crippen molar-refractivity contribution in [3.8, 4) is 0 Å². The molecule has 2 heterocycles. The first kappa shape index (κ1) is 17.8. The summed E-state index contributed by atoms with van der Waals surface area (Å²) in [6, 6.07) is 0.404. The second-order valence-electron chi connectivity index (χ2n) is 6.49.